The van der Waals surface area contributed by atoms with E-state index in [9.17, 15) is 5.26 Å². The number of ether oxygens (including phenoxy) is 1. The molecule has 5 heteroatoms. The lowest BCUT2D eigenvalue weighted by molar-refractivity contribution is -0.572. The molecule has 0 saturated carbocycles. The van der Waals surface area contributed by atoms with E-state index in [-0.39, 0.29) is 10.8 Å². The monoisotopic (exact) mass is 664 g/mol. The number of hydrogen-bond acceptors (Lipinski definition) is 2. The van der Waals surface area contributed by atoms with Crippen LogP contribution in [0.5, 0.6) is 11.5 Å². The topological polar surface area (TPSA) is 46.8 Å². The Labute approximate surface area is 299 Å². The number of para-hydroxylation sites is 2. The maximum Gasteiger partial charge on any atom is 0.269 e. The fraction of sp³-hybridized carbons (Fsp3) is 0.174. The molecule has 0 amide bonds. The fourth-order valence-electron chi connectivity index (χ4n) is 6.90. The maximum atomic E-state index is 9.71. The van der Waals surface area contributed by atoms with Gasteiger partial charge < -0.3 is 9.30 Å². The van der Waals surface area contributed by atoms with Crippen molar-refractivity contribution < 1.29 is 9.30 Å². The van der Waals surface area contributed by atoms with Gasteiger partial charge in [-0.1, -0.05) is 96.1 Å². The van der Waals surface area contributed by atoms with Crippen molar-refractivity contribution in [2.75, 3.05) is 0 Å². The summed E-state index contributed by atoms with van der Waals surface area (Å²) in [5, 5.41) is 11.8. The molecule has 0 aliphatic rings. The Morgan fingerprint density at radius 1 is 0.588 bits per heavy atom. The molecule has 8 aromatic rings. The number of hydrogen-bond donors (Lipinski definition) is 0. The van der Waals surface area contributed by atoms with Crippen molar-refractivity contribution in [2.45, 2.75) is 52.4 Å². The highest BCUT2D eigenvalue weighted by Gasteiger charge is 2.19. The predicted octanol–water partition coefficient (Wildman–Crippen LogP) is 11.1. The number of rotatable bonds is 5. The van der Waals surface area contributed by atoms with Crippen LogP contribution in [0.2, 0.25) is 0 Å². The molecule has 0 saturated heterocycles. The van der Waals surface area contributed by atoms with E-state index >= 15 is 0 Å². The summed E-state index contributed by atoms with van der Waals surface area (Å²) < 4.78 is 13.1. The van der Waals surface area contributed by atoms with Crippen LogP contribution in [0.15, 0.2) is 133 Å². The van der Waals surface area contributed by atoms with Crippen LogP contribution >= 0.6 is 0 Å². The highest BCUT2D eigenvalue weighted by Crippen LogP contribution is 2.37. The number of imidazole rings is 1. The van der Waals surface area contributed by atoms with Crippen molar-refractivity contribution in [1.82, 2.24) is 9.13 Å². The summed E-state index contributed by atoms with van der Waals surface area (Å²) in [4.78, 5) is 0. The number of nitrogens with zero attached hydrogens (tertiary/aromatic N) is 4. The number of benzene rings is 6. The Morgan fingerprint density at radius 3 is 2.08 bits per heavy atom. The standard InChI is InChI=1S/C46H40N4O/c1-45(2,3)32-12-9-14-34(25-32)48-30-49(43-19-8-7-18-42(43)48)35-15-11-17-37(27-35)51-38-21-22-39-40-24-31(29-47)20-23-41(40)50(44(39)28-38)36-16-10-13-33(26-36)46(4,5)6/h7-28H,1-6H3. The Hall–Kier alpha value is -6.12. The average molecular weight is 665 g/mol. The molecule has 0 atom stereocenters. The molecular formula is C46H40N4O. The van der Waals surface area contributed by atoms with Crippen LogP contribution in [0.1, 0.15) is 58.2 Å². The van der Waals surface area contributed by atoms with Gasteiger partial charge in [0, 0.05) is 22.5 Å². The van der Waals surface area contributed by atoms with Gasteiger partial charge in [-0.25, -0.2) is 0 Å². The first-order chi connectivity index (χ1) is 24.5. The van der Waals surface area contributed by atoms with Crippen molar-refractivity contribution >= 4 is 32.8 Å². The maximum absolute atomic E-state index is 9.71. The Balaban J connectivity index is 1.21. The van der Waals surface area contributed by atoms with E-state index in [1.165, 1.54) is 11.1 Å². The van der Waals surface area contributed by atoms with Gasteiger partial charge in [0.2, 0.25) is 0 Å². The molecule has 0 radical (unpaired) electrons. The third-order valence-corrected chi connectivity index (χ3v) is 9.68. The second-order valence-electron chi connectivity index (χ2n) is 15.3. The van der Waals surface area contributed by atoms with Crippen LogP contribution in [-0.2, 0) is 10.8 Å². The van der Waals surface area contributed by atoms with Crippen LogP contribution < -0.4 is 9.30 Å². The summed E-state index contributed by atoms with van der Waals surface area (Å²) >= 11 is 0. The first-order valence-corrected chi connectivity index (χ1v) is 17.4. The molecule has 0 aliphatic carbocycles. The third-order valence-electron chi connectivity index (χ3n) is 9.68. The molecule has 6 aromatic carbocycles. The van der Waals surface area contributed by atoms with Crippen molar-refractivity contribution in [1.29, 1.82) is 5.26 Å². The van der Waals surface area contributed by atoms with E-state index in [0.717, 1.165) is 61.4 Å². The molecule has 0 unspecified atom stereocenters. The third kappa shape index (κ3) is 5.83. The summed E-state index contributed by atoms with van der Waals surface area (Å²) in [5.41, 5.74) is 10.5. The van der Waals surface area contributed by atoms with Crippen molar-refractivity contribution in [3.63, 3.8) is 0 Å². The molecule has 0 aliphatic heterocycles. The normalized spacial score (nSPS) is 12.1. The average Bonchev–Trinajstić information content (AvgIpc) is 3.67. The Morgan fingerprint density at radius 2 is 1.29 bits per heavy atom. The van der Waals surface area contributed by atoms with Gasteiger partial charge >= 0.3 is 0 Å². The summed E-state index contributed by atoms with van der Waals surface area (Å²) in [6, 6.07) is 48.4. The van der Waals surface area contributed by atoms with E-state index in [1.54, 1.807) is 0 Å². The second kappa shape index (κ2) is 12.0. The molecule has 2 heterocycles. The van der Waals surface area contributed by atoms with Gasteiger partial charge in [-0.3, -0.25) is 9.13 Å². The SMILES string of the molecule is CC(C)(C)c1cccc(-n2c3ccc(C#N)cc3c3ccc(Oc4cccc(-n5[c-][n+](-c6cccc(C(C)(C)C)c6)c6ccccc65)c4)cc32)c1. The van der Waals surface area contributed by atoms with Gasteiger partial charge in [0.25, 0.3) is 6.33 Å². The van der Waals surface area contributed by atoms with Gasteiger partial charge in [0.15, 0.2) is 0 Å². The molecule has 0 bridgehead atoms. The van der Waals surface area contributed by atoms with Crippen LogP contribution in [-0.4, -0.2) is 9.13 Å². The van der Waals surface area contributed by atoms with Crippen molar-refractivity contribution in [3.05, 3.63) is 156 Å². The van der Waals surface area contributed by atoms with E-state index in [2.05, 4.69) is 165 Å². The minimum Gasteiger partial charge on any atom is -0.458 e. The van der Waals surface area contributed by atoms with Gasteiger partial charge in [0.05, 0.1) is 45.1 Å². The number of nitriles is 1. The van der Waals surface area contributed by atoms with Crippen molar-refractivity contribution in [2.24, 2.45) is 0 Å². The molecule has 8 rings (SSSR count). The predicted molar refractivity (Wildman–Crippen MR) is 207 cm³/mol. The Bertz CT molecular complexity index is 2650. The summed E-state index contributed by atoms with van der Waals surface area (Å²) in [6.07, 6.45) is 3.63. The molecule has 0 fully saturated rings. The lowest BCUT2D eigenvalue weighted by Crippen LogP contribution is -2.30. The molecule has 2 aromatic heterocycles. The lowest BCUT2D eigenvalue weighted by atomic mass is 9.87. The summed E-state index contributed by atoms with van der Waals surface area (Å²) in [5.74, 6) is 1.45. The van der Waals surface area contributed by atoms with E-state index in [1.807, 2.05) is 36.4 Å². The fourth-order valence-corrected chi connectivity index (χ4v) is 6.90. The zero-order valence-corrected chi connectivity index (χ0v) is 29.9. The van der Waals surface area contributed by atoms with Crippen LogP contribution in [0.3, 0.4) is 0 Å². The van der Waals surface area contributed by atoms with Crippen LogP contribution in [0, 0.1) is 17.7 Å². The van der Waals surface area contributed by atoms with Gasteiger partial charge in [-0.2, -0.15) is 5.26 Å². The number of aromatic nitrogens is 3. The minimum atomic E-state index is 0.000240. The molecule has 0 N–H and O–H groups in total. The first kappa shape index (κ1) is 32.1. The first-order valence-electron chi connectivity index (χ1n) is 17.4. The number of fused-ring (bicyclic) bond motifs is 4. The molecule has 250 valence electrons. The molecular weight excluding hydrogens is 625 g/mol. The summed E-state index contributed by atoms with van der Waals surface area (Å²) in [6.45, 7) is 13.4. The minimum absolute atomic E-state index is 0.000240. The zero-order valence-electron chi connectivity index (χ0n) is 29.9. The highest BCUT2D eigenvalue weighted by molar-refractivity contribution is 6.10. The lowest BCUT2D eigenvalue weighted by Gasteiger charge is -2.20. The van der Waals surface area contributed by atoms with Crippen molar-refractivity contribution in [3.8, 4) is 34.6 Å². The quantitative estimate of drug-likeness (QED) is 0.136. The second-order valence-corrected chi connectivity index (χ2v) is 15.3. The van der Waals surface area contributed by atoms with E-state index in [4.69, 9.17) is 4.74 Å². The van der Waals surface area contributed by atoms with E-state index < -0.39 is 0 Å². The molecule has 5 nitrogen and oxygen atoms in total. The van der Waals surface area contributed by atoms with Gasteiger partial charge in [0.1, 0.15) is 11.5 Å². The Kier molecular flexibility index (Phi) is 7.58. The molecule has 51 heavy (non-hydrogen) atoms. The largest absolute Gasteiger partial charge is 0.458 e. The summed E-state index contributed by atoms with van der Waals surface area (Å²) in [7, 11) is 0. The van der Waals surface area contributed by atoms with Gasteiger partial charge in [-0.15, -0.1) is 0 Å². The van der Waals surface area contributed by atoms with Crippen LogP contribution in [0.4, 0.5) is 0 Å². The van der Waals surface area contributed by atoms with E-state index in [0.29, 0.717) is 5.56 Å². The highest BCUT2D eigenvalue weighted by atomic mass is 16.5. The molecule has 0 spiro atoms. The smallest absolute Gasteiger partial charge is 0.269 e. The zero-order chi connectivity index (χ0) is 35.5. The van der Waals surface area contributed by atoms with Crippen LogP contribution in [0.25, 0.3) is 49.9 Å². The van der Waals surface area contributed by atoms with Gasteiger partial charge in [-0.05, 0) is 94.8 Å².